The lowest BCUT2D eigenvalue weighted by atomic mass is 10.0. The molecule has 234 valence electrons. The molecule has 0 aliphatic rings. The summed E-state index contributed by atoms with van der Waals surface area (Å²) in [6.45, 7) is 0. The molecule has 0 radical (unpaired) electrons. The van der Waals surface area contributed by atoms with E-state index in [1.54, 1.807) is 0 Å². The van der Waals surface area contributed by atoms with Crippen LogP contribution in [0.3, 0.4) is 0 Å². The molecule has 0 atom stereocenters. The van der Waals surface area contributed by atoms with E-state index in [-0.39, 0.29) is 0 Å². The van der Waals surface area contributed by atoms with Gasteiger partial charge in [-0.15, -0.1) is 0 Å². The number of rotatable bonds is 4. The fourth-order valence-corrected chi connectivity index (χ4v) is 7.71. The summed E-state index contributed by atoms with van der Waals surface area (Å²) in [6, 6.07) is 57.2. The Labute approximate surface area is 286 Å². The van der Waals surface area contributed by atoms with E-state index < -0.39 is 0 Å². The van der Waals surface area contributed by atoms with Gasteiger partial charge in [-0.1, -0.05) is 109 Å². The summed E-state index contributed by atoms with van der Waals surface area (Å²) in [6.07, 6.45) is 0. The van der Waals surface area contributed by atoms with Crippen molar-refractivity contribution in [3.05, 3.63) is 164 Å². The maximum Gasteiger partial charge on any atom is 0.159 e. The second-order valence-electron chi connectivity index (χ2n) is 12.9. The van der Waals surface area contributed by atoms with Crippen LogP contribution < -0.4 is 4.90 Å². The average Bonchev–Trinajstić information content (AvgIpc) is 3.87. The standard InChI is InChI=1S/C46H27NO3/c1-2-10-30-27-31(20-19-28(30)9-1)29-21-23-32(24-22-29)47(38-15-7-13-34-33-11-3-5-17-40(33)49-44(34)38)39-16-8-14-35-36-25-26-42-43(46(36)50-45(35)39)37-12-4-6-18-41(37)48-42/h1-27H. The molecule has 3 aromatic heterocycles. The van der Waals surface area contributed by atoms with Crippen molar-refractivity contribution in [1.29, 1.82) is 0 Å². The van der Waals surface area contributed by atoms with Gasteiger partial charge in [-0.25, -0.2) is 0 Å². The van der Waals surface area contributed by atoms with E-state index in [0.29, 0.717) is 0 Å². The van der Waals surface area contributed by atoms with Gasteiger partial charge in [0.05, 0.1) is 16.8 Å². The summed E-state index contributed by atoms with van der Waals surface area (Å²) >= 11 is 0. The van der Waals surface area contributed by atoms with Crippen molar-refractivity contribution in [2.24, 2.45) is 0 Å². The molecule has 0 saturated carbocycles. The monoisotopic (exact) mass is 641 g/mol. The second kappa shape index (κ2) is 10.4. The van der Waals surface area contributed by atoms with Crippen LogP contribution in [0.2, 0.25) is 0 Å². The largest absolute Gasteiger partial charge is 0.456 e. The summed E-state index contributed by atoms with van der Waals surface area (Å²) < 4.78 is 19.8. The second-order valence-corrected chi connectivity index (χ2v) is 12.9. The number of anilines is 3. The zero-order chi connectivity index (χ0) is 32.8. The van der Waals surface area contributed by atoms with Gasteiger partial charge >= 0.3 is 0 Å². The first-order valence-corrected chi connectivity index (χ1v) is 16.8. The van der Waals surface area contributed by atoms with Crippen molar-refractivity contribution in [2.45, 2.75) is 0 Å². The van der Waals surface area contributed by atoms with Crippen molar-refractivity contribution in [2.75, 3.05) is 4.90 Å². The first-order valence-electron chi connectivity index (χ1n) is 16.8. The first kappa shape index (κ1) is 27.2. The fourth-order valence-electron chi connectivity index (χ4n) is 7.71. The highest BCUT2D eigenvalue weighted by Crippen LogP contribution is 2.47. The number of hydrogen-bond acceptors (Lipinski definition) is 4. The minimum absolute atomic E-state index is 0.798. The average molecular weight is 642 g/mol. The fraction of sp³-hybridized carbons (Fsp3) is 0. The molecule has 0 bridgehead atoms. The van der Waals surface area contributed by atoms with Crippen LogP contribution in [0.15, 0.2) is 177 Å². The number of furan rings is 3. The van der Waals surface area contributed by atoms with Crippen LogP contribution in [0.1, 0.15) is 0 Å². The molecule has 11 aromatic rings. The van der Waals surface area contributed by atoms with E-state index in [1.807, 2.05) is 30.3 Å². The molecule has 3 heterocycles. The zero-order valence-electron chi connectivity index (χ0n) is 26.8. The van der Waals surface area contributed by atoms with Crippen molar-refractivity contribution < 1.29 is 13.3 Å². The molecule has 0 amide bonds. The molecule has 11 rings (SSSR count). The van der Waals surface area contributed by atoms with Crippen molar-refractivity contribution in [3.63, 3.8) is 0 Å². The topological polar surface area (TPSA) is 42.7 Å². The normalized spacial score (nSPS) is 12.0. The quantitative estimate of drug-likeness (QED) is 0.192. The Balaban J connectivity index is 1.16. The van der Waals surface area contributed by atoms with Crippen LogP contribution >= 0.6 is 0 Å². The third kappa shape index (κ3) is 3.93. The molecule has 4 nitrogen and oxygen atoms in total. The third-order valence-electron chi connectivity index (χ3n) is 10.1. The first-order chi connectivity index (χ1) is 24.8. The van der Waals surface area contributed by atoms with Crippen LogP contribution in [0.4, 0.5) is 17.1 Å². The van der Waals surface area contributed by atoms with Gasteiger partial charge in [0.2, 0.25) is 0 Å². The van der Waals surface area contributed by atoms with Gasteiger partial charge in [0, 0.05) is 32.6 Å². The molecule has 8 aromatic carbocycles. The minimum Gasteiger partial charge on any atom is -0.456 e. The van der Waals surface area contributed by atoms with Crippen LogP contribution in [-0.4, -0.2) is 0 Å². The van der Waals surface area contributed by atoms with Crippen molar-refractivity contribution >= 4 is 93.7 Å². The number of nitrogens with zero attached hydrogens (tertiary/aromatic N) is 1. The molecule has 0 aliphatic carbocycles. The molecule has 0 unspecified atom stereocenters. The number of para-hydroxylation sites is 4. The van der Waals surface area contributed by atoms with Crippen LogP contribution in [-0.2, 0) is 0 Å². The molecule has 4 heteroatoms. The maximum atomic E-state index is 6.96. The number of benzene rings is 8. The smallest absolute Gasteiger partial charge is 0.159 e. The predicted molar refractivity (Wildman–Crippen MR) is 206 cm³/mol. The Kier molecular flexibility index (Phi) is 5.63. The van der Waals surface area contributed by atoms with Crippen molar-refractivity contribution in [1.82, 2.24) is 0 Å². The summed E-state index contributed by atoms with van der Waals surface area (Å²) in [5, 5.41) is 8.74. The lowest BCUT2D eigenvalue weighted by Gasteiger charge is -2.25. The highest BCUT2D eigenvalue weighted by atomic mass is 16.3. The van der Waals surface area contributed by atoms with Gasteiger partial charge in [0.1, 0.15) is 22.3 Å². The van der Waals surface area contributed by atoms with Crippen LogP contribution in [0, 0.1) is 0 Å². The van der Waals surface area contributed by atoms with Gasteiger partial charge in [0.25, 0.3) is 0 Å². The van der Waals surface area contributed by atoms with Crippen molar-refractivity contribution in [3.8, 4) is 11.1 Å². The van der Waals surface area contributed by atoms with Gasteiger partial charge < -0.3 is 18.2 Å². The summed E-state index contributed by atoms with van der Waals surface area (Å²) in [7, 11) is 0. The lowest BCUT2D eigenvalue weighted by Crippen LogP contribution is -2.10. The van der Waals surface area contributed by atoms with Gasteiger partial charge in [-0.2, -0.15) is 0 Å². The van der Waals surface area contributed by atoms with E-state index in [0.717, 1.165) is 88.4 Å². The molecular weight excluding hydrogens is 615 g/mol. The Morgan fingerprint density at radius 2 is 0.940 bits per heavy atom. The molecule has 0 saturated heterocycles. The number of fused-ring (bicyclic) bond motifs is 11. The van der Waals surface area contributed by atoms with E-state index in [9.17, 15) is 0 Å². The van der Waals surface area contributed by atoms with Gasteiger partial charge in [-0.3, -0.25) is 0 Å². The molecule has 50 heavy (non-hydrogen) atoms. The van der Waals surface area contributed by atoms with Gasteiger partial charge in [0.15, 0.2) is 11.2 Å². The van der Waals surface area contributed by atoms with E-state index in [4.69, 9.17) is 13.3 Å². The summed E-state index contributed by atoms with van der Waals surface area (Å²) in [5.41, 5.74) is 10.1. The van der Waals surface area contributed by atoms with Gasteiger partial charge in [-0.05, 0) is 76.5 Å². The molecular formula is C46H27NO3. The van der Waals surface area contributed by atoms with E-state index in [2.05, 4.69) is 138 Å². The van der Waals surface area contributed by atoms with E-state index in [1.165, 1.54) is 16.3 Å². The third-order valence-corrected chi connectivity index (χ3v) is 10.1. The molecule has 0 spiro atoms. The Morgan fingerprint density at radius 3 is 1.74 bits per heavy atom. The molecule has 0 fully saturated rings. The maximum absolute atomic E-state index is 6.96. The summed E-state index contributed by atoms with van der Waals surface area (Å²) in [5.74, 6) is 0. The zero-order valence-corrected chi connectivity index (χ0v) is 26.8. The predicted octanol–water partition coefficient (Wildman–Crippen LogP) is 13.7. The molecule has 0 aliphatic heterocycles. The van der Waals surface area contributed by atoms with Crippen LogP contribution in [0.5, 0.6) is 0 Å². The number of hydrogen-bond donors (Lipinski definition) is 0. The Morgan fingerprint density at radius 1 is 0.340 bits per heavy atom. The minimum atomic E-state index is 0.798. The Hall–Kier alpha value is -6.78. The van der Waals surface area contributed by atoms with E-state index >= 15 is 0 Å². The lowest BCUT2D eigenvalue weighted by molar-refractivity contribution is 0.662. The van der Waals surface area contributed by atoms with Crippen LogP contribution in [0.25, 0.3) is 87.7 Å². The highest BCUT2D eigenvalue weighted by Gasteiger charge is 2.24. The highest BCUT2D eigenvalue weighted by molar-refractivity contribution is 6.23. The SMILES string of the molecule is c1ccc2cc(-c3ccc(N(c4cccc5c4oc4ccccc45)c4cccc5c4oc4c5ccc5oc6ccccc6c54)cc3)ccc2c1. The summed E-state index contributed by atoms with van der Waals surface area (Å²) in [4.78, 5) is 2.27. The molecule has 0 N–H and O–H groups in total. The Bertz CT molecular complexity index is 3110.